The first-order valence-electron chi connectivity index (χ1n) is 5.84. The van der Waals surface area contributed by atoms with E-state index in [0.29, 0.717) is 0 Å². The Bertz CT molecular complexity index is 558. The van der Waals surface area contributed by atoms with E-state index in [2.05, 4.69) is 16.9 Å². The molecule has 1 aromatic carbocycles. The van der Waals surface area contributed by atoms with Gasteiger partial charge in [-0.05, 0) is 43.0 Å². The summed E-state index contributed by atoms with van der Waals surface area (Å²) in [5, 5.41) is 8.87. The first-order valence-corrected chi connectivity index (χ1v) is 5.84. The summed E-state index contributed by atoms with van der Waals surface area (Å²) in [4.78, 5) is 17.7. The van der Waals surface area contributed by atoms with E-state index < -0.39 is 5.97 Å². The predicted molar refractivity (Wildman–Crippen MR) is 66.4 cm³/mol. The lowest BCUT2D eigenvalue weighted by atomic mass is 10.0. The third-order valence-electron chi connectivity index (χ3n) is 2.94. The molecule has 0 amide bonds. The first-order chi connectivity index (χ1) is 8.11. The molecule has 1 heterocycles. The van der Waals surface area contributed by atoms with E-state index in [9.17, 15) is 4.79 Å². The van der Waals surface area contributed by atoms with Gasteiger partial charge in [0.15, 0.2) is 0 Å². The minimum absolute atomic E-state index is 0.00652. The summed E-state index contributed by atoms with van der Waals surface area (Å²) >= 11 is 0. The van der Waals surface area contributed by atoms with Crippen molar-refractivity contribution in [3.8, 4) is 0 Å². The second kappa shape index (κ2) is 4.57. The van der Waals surface area contributed by atoms with Crippen LogP contribution in [0.5, 0.6) is 0 Å². The highest BCUT2D eigenvalue weighted by Gasteiger charge is 2.10. The van der Waals surface area contributed by atoms with Gasteiger partial charge in [-0.1, -0.05) is 13.3 Å². The molecule has 2 N–H and O–H groups in total. The first kappa shape index (κ1) is 11.6. The Labute approximate surface area is 99.7 Å². The lowest BCUT2D eigenvalue weighted by molar-refractivity contribution is 0.0685. The van der Waals surface area contributed by atoms with Crippen LogP contribution in [0.1, 0.15) is 41.5 Å². The van der Waals surface area contributed by atoms with Crippen molar-refractivity contribution in [1.82, 2.24) is 9.97 Å². The van der Waals surface area contributed by atoms with Gasteiger partial charge < -0.3 is 10.1 Å². The number of aryl methyl sites for hydroxylation is 2. The summed E-state index contributed by atoms with van der Waals surface area (Å²) in [6, 6.07) is 3.96. The Morgan fingerprint density at radius 2 is 2.24 bits per heavy atom. The largest absolute Gasteiger partial charge is 0.475 e. The molecule has 0 aliphatic rings. The number of carboxylic acid groups (broad SMARTS) is 1. The van der Waals surface area contributed by atoms with Crippen LogP contribution in [-0.2, 0) is 6.42 Å². The van der Waals surface area contributed by atoms with E-state index in [0.717, 1.165) is 30.3 Å². The zero-order valence-electron chi connectivity index (χ0n) is 10.1. The van der Waals surface area contributed by atoms with Crippen LogP contribution in [0.3, 0.4) is 0 Å². The molecule has 0 saturated heterocycles. The van der Waals surface area contributed by atoms with Crippen LogP contribution in [0, 0.1) is 6.92 Å². The molecular formula is C13H16N2O2. The number of carboxylic acids is 1. The molecular weight excluding hydrogens is 216 g/mol. The van der Waals surface area contributed by atoms with Gasteiger partial charge in [0.25, 0.3) is 0 Å². The van der Waals surface area contributed by atoms with E-state index >= 15 is 0 Å². The highest BCUT2D eigenvalue weighted by Crippen LogP contribution is 2.19. The van der Waals surface area contributed by atoms with E-state index in [1.165, 1.54) is 11.1 Å². The maximum absolute atomic E-state index is 10.8. The number of benzene rings is 1. The molecule has 0 atom stereocenters. The summed E-state index contributed by atoms with van der Waals surface area (Å²) in [6.07, 6.45) is 3.31. The highest BCUT2D eigenvalue weighted by atomic mass is 16.4. The zero-order chi connectivity index (χ0) is 12.4. The molecule has 90 valence electrons. The lowest BCUT2D eigenvalue weighted by Crippen LogP contribution is -1.97. The van der Waals surface area contributed by atoms with Crippen molar-refractivity contribution in [3.63, 3.8) is 0 Å². The van der Waals surface area contributed by atoms with Crippen molar-refractivity contribution < 1.29 is 9.90 Å². The average molecular weight is 232 g/mol. The van der Waals surface area contributed by atoms with Gasteiger partial charge in [0.05, 0.1) is 11.0 Å². The van der Waals surface area contributed by atoms with Crippen LogP contribution in [0.25, 0.3) is 11.0 Å². The Morgan fingerprint density at radius 1 is 1.47 bits per heavy atom. The molecule has 1 aromatic heterocycles. The summed E-state index contributed by atoms with van der Waals surface area (Å²) in [5.74, 6) is -1.01. The Kier molecular flexibility index (Phi) is 3.13. The van der Waals surface area contributed by atoms with Crippen molar-refractivity contribution in [3.05, 3.63) is 29.1 Å². The number of nitrogens with one attached hydrogen (secondary N) is 1. The number of H-pyrrole nitrogens is 1. The summed E-state index contributed by atoms with van der Waals surface area (Å²) in [6.45, 7) is 4.21. The maximum Gasteiger partial charge on any atom is 0.371 e. The Balaban J connectivity index is 2.44. The average Bonchev–Trinajstić information content (AvgIpc) is 2.68. The SMILES string of the molecule is CCCCc1cc2nc(C(=O)O)[nH]c2cc1C. The van der Waals surface area contributed by atoms with Crippen molar-refractivity contribution >= 4 is 17.0 Å². The molecule has 0 spiro atoms. The van der Waals surface area contributed by atoms with Crippen LogP contribution in [0.2, 0.25) is 0 Å². The van der Waals surface area contributed by atoms with Crippen LogP contribution in [0.4, 0.5) is 0 Å². The third kappa shape index (κ3) is 2.30. The van der Waals surface area contributed by atoms with Gasteiger partial charge >= 0.3 is 5.97 Å². The molecule has 0 bridgehead atoms. The molecule has 0 aliphatic heterocycles. The lowest BCUT2D eigenvalue weighted by Gasteiger charge is -2.04. The number of unbranched alkanes of at least 4 members (excludes halogenated alkanes) is 1. The topological polar surface area (TPSA) is 66.0 Å². The van der Waals surface area contributed by atoms with Gasteiger partial charge in [-0.2, -0.15) is 0 Å². The van der Waals surface area contributed by atoms with Gasteiger partial charge in [-0.3, -0.25) is 0 Å². The number of hydrogen-bond acceptors (Lipinski definition) is 2. The molecule has 17 heavy (non-hydrogen) atoms. The van der Waals surface area contributed by atoms with Gasteiger partial charge in [0.1, 0.15) is 0 Å². The molecule has 2 rings (SSSR count). The van der Waals surface area contributed by atoms with Gasteiger partial charge in [-0.25, -0.2) is 9.78 Å². The fraction of sp³-hybridized carbons (Fsp3) is 0.385. The van der Waals surface area contributed by atoms with Crippen LogP contribution in [-0.4, -0.2) is 21.0 Å². The van der Waals surface area contributed by atoms with Gasteiger partial charge in [0, 0.05) is 0 Å². The Hall–Kier alpha value is -1.84. The van der Waals surface area contributed by atoms with Gasteiger partial charge in [0.2, 0.25) is 5.82 Å². The number of fused-ring (bicyclic) bond motifs is 1. The minimum Gasteiger partial charge on any atom is -0.475 e. The monoisotopic (exact) mass is 232 g/mol. The van der Waals surface area contributed by atoms with Crippen molar-refractivity contribution in [2.24, 2.45) is 0 Å². The summed E-state index contributed by atoms with van der Waals surface area (Å²) in [7, 11) is 0. The molecule has 4 heteroatoms. The summed E-state index contributed by atoms with van der Waals surface area (Å²) < 4.78 is 0. The van der Waals surface area contributed by atoms with Crippen molar-refractivity contribution in [1.29, 1.82) is 0 Å². The van der Waals surface area contributed by atoms with E-state index in [1.807, 2.05) is 19.1 Å². The molecule has 0 aliphatic carbocycles. The van der Waals surface area contributed by atoms with Crippen LogP contribution in [0.15, 0.2) is 12.1 Å². The molecule has 0 radical (unpaired) electrons. The van der Waals surface area contributed by atoms with E-state index in [1.54, 1.807) is 0 Å². The molecule has 4 nitrogen and oxygen atoms in total. The number of aromatic carboxylic acids is 1. The minimum atomic E-state index is -1.02. The number of imidazole rings is 1. The number of aromatic amines is 1. The smallest absolute Gasteiger partial charge is 0.371 e. The third-order valence-corrected chi connectivity index (χ3v) is 2.94. The zero-order valence-corrected chi connectivity index (χ0v) is 10.1. The second-order valence-corrected chi connectivity index (χ2v) is 4.29. The van der Waals surface area contributed by atoms with E-state index in [-0.39, 0.29) is 5.82 Å². The summed E-state index contributed by atoms with van der Waals surface area (Å²) in [5.41, 5.74) is 3.97. The molecule has 0 unspecified atom stereocenters. The fourth-order valence-corrected chi connectivity index (χ4v) is 1.95. The highest BCUT2D eigenvalue weighted by molar-refractivity contribution is 5.89. The normalized spacial score (nSPS) is 10.9. The van der Waals surface area contributed by atoms with E-state index in [4.69, 9.17) is 5.11 Å². The van der Waals surface area contributed by atoms with Crippen molar-refractivity contribution in [2.45, 2.75) is 33.1 Å². The number of rotatable bonds is 4. The van der Waals surface area contributed by atoms with Crippen LogP contribution >= 0.6 is 0 Å². The maximum atomic E-state index is 10.8. The number of nitrogens with zero attached hydrogens (tertiary/aromatic N) is 1. The van der Waals surface area contributed by atoms with Gasteiger partial charge in [-0.15, -0.1) is 0 Å². The fourth-order valence-electron chi connectivity index (χ4n) is 1.95. The predicted octanol–water partition coefficient (Wildman–Crippen LogP) is 2.91. The molecule has 0 saturated carbocycles. The molecule has 0 fully saturated rings. The standard InChI is InChI=1S/C13H16N2O2/c1-3-4-5-9-7-11-10(6-8(9)2)14-12(15-11)13(16)17/h6-7H,3-5H2,1-2H3,(H,14,15)(H,16,17). The number of aromatic nitrogens is 2. The molecule has 2 aromatic rings. The second-order valence-electron chi connectivity index (χ2n) is 4.29. The quantitative estimate of drug-likeness (QED) is 0.851. The Morgan fingerprint density at radius 3 is 2.88 bits per heavy atom. The van der Waals surface area contributed by atoms with Crippen LogP contribution < -0.4 is 0 Å². The van der Waals surface area contributed by atoms with Crippen molar-refractivity contribution in [2.75, 3.05) is 0 Å². The number of carbonyl (C=O) groups is 1. The number of hydrogen-bond donors (Lipinski definition) is 2.